The van der Waals surface area contributed by atoms with Crippen LogP contribution in [0.4, 0.5) is 17.6 Å². The molecule has 5 rings (SSSR count). The molecular formula is C29H17F4IrN2O2. The molecule has 0 radical (unpaired) electrons. The molecule has 0 amide bonds. The van der Waals surface area contributed by atoms with Crippen LogP contribution in [0.25, 0.3) is 22.4 Å². The van der Waals surface area contributed by atoms with Crippen molar-refractivity contribution >= 4 is 5.97 Å². The molecule has 1 N–H and O–H groups in total. The van der Waals surface area contributed by atoms with E-state index >= 15 is 0 Å². The SMILES string of the molecule is Fc1c[c-]c(-c2[c-]cccc2)c(F)c1.Fc1c[c-]c(-c2ccccn2)c(F)c1.O=C(O)c1ccccn1.[Ir+3]. The van der Waals surface area contributed by atoms with Crippen LogP contribution < -0.4 is 0 Å². The van der Waals surface area contributed by atoms with E-state index in [-0.39, 0.29) is 36.9 Å². The minimum Gasteiger partial charge on any atom is -0.477 e. The second-order valence-electron chi connectivity index (χ2n) is 7.09. The molecular weight excluding hydrogens is 677 g/mol. The first-order valence-electron chi connectivity index (χ1n) is 10.6. The van der Waals surface area contributed by atoms with Gasteiger partial charge < -0.3 is 10.1 Å². The average molecular weight is 694 g/mol. The van der Waals surface area contributed by atoms with Crippen molar-refractivity contribution in [1.29, 1.82) is 0 Å². The number of aromatic nitrogens is 2. The molecule has 2 aromatic heterocycles. The maximum Gasteiger partial charge on any atom is 3.00 e. The zero-order chi connectivity index (χ0) is 26.6. The molecule has 0 aliphatic heterocycles. The van der Waals surface area contributed by atoms with E-state index in [4.69, 9.17) is 5.11 Å². The van der Waals surface area contributed by atoms with Crippen molar-refractivity contribution in [3.63, 3.8) is 0 Å². The Morgan fingerprint density at radius 3 is 1.74 bits per heavy atom. The summed E-state index contributed by atoms with van der Waals surface area (Å²) < 4.78 is 51.6. The smallest absolute Gasteiger partial charge is 0.477 e. The molecule has 38 heavy (non-hydrogen) atoms. The fourth-order valence-electron chi connectivity index (χ4n) is 2.84. The molecule has 0 spiro atoms. The number of aromatic carboxylic acids is 1. The summed E-state index contributed by atoms with van der Waals surface area (Å²) >= 11 is 0. The van der Waals surface area contributed by atoms with E-state index in [1.165, 1.54) is 12.3 Å². The molecule has 0 unspecified atom stereocenters. The summed E-state index contributed by atoms with van der Waals surface area (Å²) in [4.78, 5) is 17.7. The van der Waals surface area contributed by atoms with Gasteiger partial charge in [0.2, 0.25) is 0 Å². The van der Waals surface area contributed by atoms with E-state index < -0.39 is 29.2 Å². The van der Waals surface area contributed by atoms with Gasteiger partial charge in [0.1, 0.15) is 5.69 Å². The summed E-state index contributed by atoms with van der Waals surface area (Å²) in [6, 6.07) is 28.5. The molecule has 0 saturated carbocycles. The van der Waals surface area contributed by atoms with Gasteiger partial charge >= 0.3 is 26.1 Å². The Kier molecular flexibility index (Phi) is 12.0. The van der Waals surface area contributed by atoms with E-state index in [1.807, 2.05) is 0 Å². The van der Waals surface area contributed by atoms with Crippen LogP contribution >= 0.6 is 0 Å². The van der Waals surface area contributed by atoms with Crippen molar-refractivity contribution in [3.05, 3.63) is 144 Å². The van der Waals surface area contributed by atoms with Gasteiger partial charge in [-0.05, 0) is 29.7 Å². The van der Waals surface area contributed by atoms with Gasteiger partial charge in [-0.2, -0.15) is 35.9 Å². The van der Waals surface area contributed by atoms with E-state index in [9.17, 15) is 22.4 Å². The maximum absolute atomic E-state index is 13.2. The number of halogens is 4. The van der Waals surface area contributed by atoms with Crippen molar-refractivity contribution in [2.45, 2.75) is 0 Å². The first kappa shape index (κ1) is 30.0. The second kappa shape index (κ2) is 15.1. The molecule has 0 saturated heterocycles. The zero-order valence-electron chi connectivity index (χ0n) is 19.3. The molecule has 4 nitrogen and oxygen atoms in total. The van der Waals surface area contributed by atoms with Crippen molar-refractivity contribution in [2.75, 3.05) is 0 Å². The van der Waals surface area contributed by atoms with Crippen LogP contribution in [-0.4, -0.2) is 21.0 Å². The Hall–Kier alpha value is -4.20. The van der Waals surface area contributed by atoms with Gasteiger partial charge in [-0.3, -0.25) is 17.6 Å². The summed E-state index contributed by atoms with van der Waals surface area (Å²) in [5.74, 6) is -3.52. The number of carboxylic acid groups (broad SMARTS) is 1. The Morgan fingerprint density at radius 2 is 1.29 bits per heavy atom. The number of hydrogen-bond acceptors (Lipinski definition) is 3. The van der Waals surface area contributed by atoms with Crippen molar-refractivity contribution in [2.24, 2.45) is 0 Å². The van der Waals surface area contributed by atoms with Crippen molar-refractivity contribution in [3.8, 4) is 22.4 Å². The molecule has 0 aliphatic carbocycles. The van der Waals surface area contributed by atoms with Gasteiger partial charge in [0.05, 0.1) is 0 Å². The molecule has 3 aromatic carbocycles. The van der Waals surface area contributed by atoms with E-state index in [0.717, 1.165) is 24.3 Å². The largest absolute Gasteiger partial charge is 3.00 e. The third-order valence-electron chi connectivity index (χ3n) is 4.50. The molecule has 0 fully saturated rings. The minimum absolute atomic E-state index is 0. The fraction of sp³-hybridized carbons (Fsp3) is 0. The Labute approximate surface area is 230 Å². The van der Waals surface area contributed by atoms with Gasteiger partial charge in [0, 0.05) is 29.8 Å². The second-order valence-corrected chi connectivity index (χ2v) is 7.09. The standard InChI is InChI=1S/C12H6F2.C11H6F2N.C6H5NO2.Ir/c13-10-6-7-11(12(14)8-10)9-4-2-1-3-5-9;12-8-4-5-9(10(13)7-8)11-3-1-2-6-14-11;8-6(9)5-3-1-2-4-7-5;/h1-4,6,8H;1-4,6-7H;1-4H,(H,8,9);/q-2;-1;;+3. The summed E-state index contributed by atoms with van der Waals surface area (Å²) in [7, 11) is 0. The summed E-state index contributed by atoms with van der Waals surface area (Å²) in [5, 5.41) is 8.32. The summed E-state index contributed by atoms with van der Waals surface area (Å²) in [6.45, 7) is 0. The van der Waals surface area contributed by atoms with Crippen LogP contribution in [0.2, 0.25) is 0 Å². The number of nitrogens with zero attached hydrogens (tertiary/aromatic N) is 2. The molecule has 2 heterocycles. The van der Waals surface area contributed by atoms with Crippen LogP contribution in [-0.2, 0) is 20.1 Å². The number of carbonyl (C=O) groups is 1. The quantitative estimate of drug-likeness (QED) is 0.166. The monoisotopic (exact) mass is 694 g/mol. The number of rotatable bonds is 3. The number of benzene rings is 3. The van der Waals surface area contributed by atoms with Crippen LogP contribution in [0.1, 0.15) is 10.5 Å². The maximum atomic E-state index is 13.2. The van der Waals surface area contributed by atoms with Gasteiger partial charge in [0.15, 0.2) is 0 Å². The first-order valence-corrected chi connectivity index (χ1v) is 10.6. The van der Waals surface area contributed by atoms with Gasteiger partial charge in [-0.15, -0.1) is 24.3 Å². The van der Waals surface area contributed by atoms with E-state index in [2.05, 4.69) is 28.2 Å². The van der Waals surface area contributed by atoms with Crippen LogP contribution in [0, 0.1) is 41.5 Å². The summed E-state index contributed by atoms with van der Waals surface area (Å²) in [6.07, 6.45) is 3.00. The van der Waals surface area contributed by atoms with E-state index in [0.29, 0.717) is 11.3 Å². The zero-order valence-corrected chi connectivity index (χ0v) is 21.7. The molecule has 0 bridgehead atoms. The predicted octanol–water partition coefficient (Wildman–Crippen LogP) is 6.84. The molecule has 5 aromatic rings. The Balaban J connectivity index is 0.000000203. The molecule has 0 aliphatic rings. The van der Waals surface area contributed by atoms with Crippen LogP contribution in [0.5, 0.6) is 0 Å². The number of pyridine rings is 2. The Morgan fingerprint density at radius 1 is 0.711 bits per heavy atom. The van der Waals surface area contributed by atoms with Crippen molar-refractivity contribution in [1.82, 2.24) is 9.97 Å². The van der Waals surface area contributed by atoms with Gasteiger partial charge in [-0.25, -0.2) is 15.3 Å². The Bertz CT molecular complexity index is 1350. The molecule has 9 heteroatoms. The first-order chi connectivity index (χ1) is 17.8. The normalized spacial score (nSPS) is 9.58. The summed E-state index contributed by atoms with van der Waals surface area (Å²) in [5.41, 5.74) is 1.53. The minimum atomic E-state index is -0.990. The molecule has 0 atom stereocenters. The van der Waals surface area contributed by atoms with E-state index in [1.54, 1.807) is 60.8 Å². The third-order valence-corrected chi connectivity index (χ3v) is 4.50. The predicted molar refractivity (Wildman–Crippen MR) is 129 cm³/mol. The van der Waals surface area contributed by atoms with Crippen LogP contribution in [0.15, 0.2) is 97.3 Å². The fourth-order valence-corrected chi connectivity index (χ4v) is 2.84. The topological polar surface area (TPSA) is 63.1 Å². The number of hydrogen-bond donors (Lipinski definition) is 1. The number of carboxylic acids is 1. The average Bonchev–Trinajstić information content (AvgIpc) is 2.91. The third kappa shape index (κ3) is 9.03. The molecule has 192 valence electrons. The van der Waals surface area contributed by atoms with Gasteiger partial charge in [-0.1, -0.05) is 35.9 Å². The van der Waals surface area contributed by atoms with Gasteiger partial charge in [0.25, 0.3) is 0 Å². The van der Waals surface area contributed by atoms with Crippen molar-refractivity contribution < 1.29 is 47.6 Å². The van der Waals surface area contributed by atoms with Crippen LogP contribution in [0.3, 0.4) is 0 Å².